The van der Waals surface area contributed by atoms with Crippen LogP contribution in [-0.4, -0.2) is 66.1 Å². The number of nitrogens with zero attached hydrogens (tertiary/aromatic N) is 4. The van der Waals surface area contributed by atoms with Crippen LogP contribution in [0.1, 0.15) is 6.92 Å². The monoisotopic (exact) mass is 384 g/mol. The number of methoxy groups -OCH3 is 1. The Morgan fingerprint density at radius 1 is 1.11 bits per heavy atom. The van der Waals surface area contributed by atoms with Crippen LogP contribution in [0, 0.1) is 0 Å². The van der Waals surface area contributed by atoms with Gasteiger partial charge in [-0.1, -0.05) is 6.07 Å². The summed E-state index contributed by atoms with van der Waals surface area (Å²) >= 11 is 0. The van der Waals surface area contributed by atoms with Crippen molar-refractivity contribution in [2.45, 2.75) is 13.0 Å². The van der Waals surface area contributed by atoms with Crippen LogP contribution in [-0.2, 0) is 4.79 Å². The molecule has 2 N–H and O–H groups in total. The summed E-state index contributed by atoms with van der Waals surface area (Å²) in [5.74, 6) is 1.06. The first kappa shape index (κ1) is 19.4. The molecule has 0 radical (unpaired) electrons. The molecule has 1 atom stereocenters. The SMILES string of the molecule is COc1ccc(NC(=O)[C@H](C)NC(=O)N2CCN(c3ccccn3)CC2)cn1. The third-order valence-electron chi connectivity index (χ3n) is 4.49. The number of aromatic nitrogens is 2. The molecule has 3 rings (SSSR count). The highest BCUT2D eigenvalue weighted by Gasteiger charge is 2.24. The Morgan fingerprint density at radius 2 is 1.89 bits per heavy atom. The molecule has 0 saturated carbocycles. The number of hydrogen-bond acceptors (Lipinski definition) is 6. The Morgan fingerprint density at radius 3 is 2.50 bits per heavy atom. The number of ether oxygens (including phenoxy) is 1. The summed E-state index contributed by atoms with van der Waals surface area (Å²) in [5, 5.41) is 5.47. The Labute approximate surface area is 163 Å². The van der Waals surface area contributed by atoms with Gasteiger partial charge in [0.1, 0.15) is 11.9 Å². The van der Waals surface area contributed by atoms with Crippen molar-refractivity contribution in [1.29, 1.82) is 0 Å². The van der Waals surface area contributed by atoms with Gasteiger partial charge in [0, 0.05) is 38.4 Å². The lowest BCUT2D eigenvalue weighted by Crippen LogP contribution is -2.54. The van der Waals surface area contributed by atoms with E-state index in [2.05, 4.69) is 25.5 Å². The highest BCUT2D eigenvalue weighted by molar-refractivity contribution is 5.96. The second kappa shape index (κ2) is 9.03. The quantitative estimate of drug-likeness (QED) is 0.807. The van der Waals surface area contributed by atoms with E-state index in [1.807, 2.05) is 18.2 Å². The lowest BCUT2D eigenvalue weighted by molar-refractivity contribution is -0.117. The van der Waals surface area contributed by atoms with Crippen LogP contribution in [0.2, 0.25) is 0 Å². The number of anilines is 2. The molecule has 0 unspecified atom stereocenters. The fourth-order valence-corrected chi connectivity index (χ4v) is 2.85. The molecule has 28 heavy (non-hydrogen) atoms. The van der Waals surface area contributed by atoms with E-state index in [0.29, 0.717) is 37.7 Å². The molecular weight excluding hydrogens is 360 g/mol. The molecule has 1 saturated heterocycles. The number of carbonyl (C=O) groups is 2. The third kappa shape index (κ3) is 4.87. The summed E-state index contributed by atoms with van der Waals surface area (Å²) in [5.41, 5.74) is 0.538. The molecular formula is C19H24N6O3. The average Bonchev–Trinajstić information content (AvgIpc) is 2.75. The van der Waals surface area contributed by atoms with Gasteiger partial charge in [-0.2, -0.15) is 0 Å². The van der Waals surface area contributed by atoms with Gasteiger partial charge in [-0.15, -0.1) is 0 Å². The number of piperazine rings is 1. The van der Waals surface area contributed by atoms with E-state index >= 15 is 0 Å². The number of rotatable bonds is 5. The summed E-state index contributed by atoms with van der Waals surface area (Å²) < 4.78 is 4.98. The topological polar surface area (TPSA) is 99.7 Å². The van der Waals surface area contributed by atoms with E-state index in [-0.39, 0.29) is 11.9 Å². The number of nitrogens with one attached hydrogen (secondary N) is 2. The maximum Gasteiger partial charge on any atom is 0.318 e. The summed E-state index contributed by atoms with van der Waals surface area (Å²) in [4.78, 5) is 37.0. The van der Waals surface area contributed by atoms with Gasteiger partial charge in [-0.25, -0.2) is 14.8 Å². The summed E-state index contributed by atoms with van der Waals surface area (Å²) in [7, 11) is 1.52. The van der Waals surface area contributed by atoms with Crippen molar-refractivity contribution in [2.75, 3.05) is 43.5 Å². The summed E-state index contributed by atoms with van der Waals surface area (Å²) in [6, 6.07) is 8.19. The van der Waals surface area contributed by atoms with E-state index in [1.54, 1.807) is 30.2 Å². The Balaban J connectivity index is 1.46. The number of hydrogen-bond donors (Lipinski definition) is 2. The van der Waals surface area contributed by atoms with E-state index in [1.165, 1.54) is 13.3 Å². The molecule has 3 heterocycles. The van der Waals surface area contributed by atoms with Crippen LogP contribution in [0.25, 0.3) is 0 Å². The number of urea groups is 1. The zero-order valence-corrected chi connectivity index (χ0v) is 16.0. The minimum Gasteiger partial charge on any atom is -0.481 e. The molecule has 1 fully saturated rings. The zero-order chi connectivity index (χ0) is 19.9. The lowest BCUT2D eigenvalue weighted by atomic mass is 10.3. The largest absolute Gasteiger partial charge is 0.481 e. The van der Waals surface area contributed by atoms with Gasteiger partial charge in [-0.3, -0.25) is 4.79 Å². The van der Waals surface area contributed by atoms with E-state index in [9.17, 15) is 9.59 Å². The van der Waals surface area contributed by atoms with Crippen molar-refractivity contribution in [3.8, 4) is 5.88 Å². The van der Waals surface area contributed by atoms with Crippen molar-refractivity contribution in [1.82, 2.24) is 20.2 Å². The first-order chi connectivity index (χ1) is 13.6. The molecule has 9 nitrogen and oxygen atoms in total. The summed E-state index contributed by atoms with van der Waals surface area (Å²) in [6.45, 7) is 4.18. The fraction of sp³-hybridized carbons (Fsp3) is 0.368. The van der Waals surface area contributed by atoms with Crippen molar-refractivity contribution >= 4 is 23.4 Å². The molecule has 2 aromatic heterocycles. The molecule has 1 aliphatic rings. The highest BCUT2D eigenvalue weighted by Crippen LogP contribution is 2.13. The first-order valence-corrected chi connectivity index (χ1v) is 9.09. The molecule has 3 amide bonds. The minimum atomic E-state index is -0.677. The average molecular weight is 384 g/mol. The van der Waals surface area contributed by atoms with Gasteiger partial charge in [-0.05, 0) is 25.1 Å². The molecule has 2 aromatic rings. The standard InChI is InChI=1S/C19H24N6O3/c1-14(18(26)23-15-6-7-17(28-2)21-13-15)22-19(27)25-11-9-24(10-12-25)16-5-3-4-8-20-16/h3-8,13-14H,9-12H2,1-2H3,(H,22,27)(H,23,26)/t14-/m0/s1. The third-order valence-corrected chi connectivity index (χ3v) is 4.49. The van der Waals surface area contributed by atoms with Gasteiger partial charge < -0.3 is 25.2 Å². The lowest BCUT2D eigenvalue weighted by Gasteiger charge is -2.35. The molecule has 0 aliphatic carbocycles. The molecule has 0 aromatic carbocycles. The van der Waals surface area contributed by atoms with Crippen LogP contribution < -0.4 is 20.3 Å². The number of amides is 3. The first-order valence-electron chi connectivity index (χ1n) is 9.09. The minimum absolute atomic E-state index is 0.254. The predicted octanol–water partition coefficient (Wildman–Crippen LogP) is 1.34. The fourth-order valence-electron chi connectivity index (χ4n) is 2.85. The van der Waals surface area contributed by atoms with Crippen molar-refractivity contribution < 1.29 is 14.3 Å². The molecule has 0 bridgehead atoms. The Bertz CT molecular complexity index is 791. The van der Waals surface area contributed by atoms with Crippen LogP contribution in [0.15, 0.2) is 42.7 Å². The van der Waals surface area contributed by atoms with Crippen molar-refractivity contribution in [3.63, 3.8) is 0 Å². The maximum atomic E-state index is 12.5. The smallest absolute Gasteiger partial charge is 0.318 e. The number of carbonyl (C=O) groups excluding carboxylic acids is 2. The highest BCUT2D eigenvalue weighted by atomic mass is 16.5. The zero-order valence-electron chi connectivity index (χ0n) is 16.0. The van der Waals surface area contributed by atoms with Crippen LogP contribution in [0.4, 0.5) is 16.3 Å². The van der Waals surface area contributed by atoms with E-state index < -0.39 is 6.04 Å². The Hall–Kier alpha value is -3.36. The van der Waals surface area contributed by atoms with Crippen molar-refractivity contribution in [2.24, 2.45) is 0 Å². The second-order valence-electron chi connectivity index (χ2n) is 6.41. The molecule has 148 valence electrons. The van der Waals surface area contributed by atoms with Gasteiger partial charge in [0.25, 0.3) is 0 Å². The van der Waals surface area contributed by atoms with Crippen LogP contribution in [0.3, 0.4) is 0 Å². The summed E-state index contributed by atoms with van der Waals surface area (Å²) in [6.07, 6.45) is 3.26. The maximum absolute atomic E-state index is 12.5. The van der Waals surface area contributed by atoms with Crippen LogP contribution in [0.5, 0.6) is 5.88 Å². The van der Waals surface area contributed by atoms with Gasteiger partial charge in [0.15, 0.2) is 0 Å². The van der Waals surface area contributed by atoms with Gasteiger partial charge in [0.2, 0.25) is 11.8 Å². The van der Waals surface area contributed by atoms with Crippen molar-refractivity contribution in [3.05, 3.63) is 42.7 Å². The predicted molar refractivity (Wildman–Crippen MR) is 105 cm³/mol. The molecule has 0 spiro atoms. The van der Waals surface area contributed by atoms with E-state index in [4.69, 9.17) is 4.74 Å². The van der Waals surface area contributed by atoms with E-state index in [0.717, 1.165) is 5.82 Å². The van der Waals surface area contributed by atoms with Crippen LogP contribution >= 0.6 is 0 Å². The van der Waals surface area contributed by atoms with Gasteiger partial charge >= 0.3 is 6.03 Å². The normalized spacial score (nSPS) is 14.9. The number of pyridine rings is 2. The Kier molecular flexibility index (Phi) is 6.25. The van der Waals surface area contributed by atoms with Gasteiger partial charge in [0.05, 0.1) is 19.0 Å². The molecule has 9 heteroatoms. The second-order valence-corrected chi connectivity index (χ2v) is 6.41. The molecule has 1 aliphatic heterocycles.